The first-order valence-electron chi connectivity index (χ1n) is 13.1. The van der Waals surface area contributed by atoms with Crippen LogP contribution in [0.1, 0.15) is 60.1 Å². The fourth-order valence-electron chi connectivity index (χ4n) is 5.34. The zero-order valence-electron chi connectivity index (χ0n) is 21.0. The Kier molecular flexibility index (Phi) is 8.22. The quantitative estimate of drug-likeness (QED) is 0.244. The largest absolute Gasteiger partial charge is 0.341 e. The summed E-state index contributed by atoms with van der Waals surface area (Å²) in [6.45, 7) is 3.25. The molecule has 0 fully saturated rings. The Balaban J connectivity index is 0.00000294. The molecule has 0 aliphatic heterocycles. The van der Waals surface area contributed by atoms with Crippen molar-refractivity contribution in [1.82, 2.24) is 30.2 Å². The van der Waals surface area contributed by atoms with Crippen molar-refractivity contribution in [3.05, 3.63) is 125 Å². The topological polar surface area (TPSA) is 69.7 Å². The highest BCUT2D eigenvalue weighted by Gasteiger charge is 2.28. The van der Waals surface area contributed by atoms with Crippen molar-refractivity contribution in [2.75, 3.05) is 0 Å². The summed E-state index contributed by atoms with van der Waals surface area (Å²) < 4.78 is 0. The molecule has 0 amide bonds. The van der Waals surface area contributed by atoms with Crippen LogP contribution in [0.4, 0.5) is 0 Å². The Hall–Kier alpha value is -3.87. The number of para-hydroxylation sites is 2. The molecule has 38 heavy (non-hydrogen) atoms. The van der Waals surface area contributed by atoms with E-state index in [-0.39, 0.29) is 13.5 Å². The lowest BCUT2D eigenvalue weighted by Gasteiger charge is -2.34. The number of hydrogen-bond acceptors (Lipinski definition) is 5. The molecule has 0 saturated heterocycles. The maximum absolute atomic E-state index is 4.89. The lowest BCUT2D eigenvalue weighted by atomic mass is 9.90. The molecule has 2 N–H and O–H groups in total. The molecule has 6 rings (SSSR count). The fourth-order valence-corrected chi connectivity index (χ4v) is 5.34. The summed E-state index contributed by atoms with van der Waals surface area (Å²) in [6.07, 6.45) is 9.05. The molecule has 2 aromatic carbocycles. The van der Waals surface area contributed by atoms with Gasteiger partial charge >= 0.3 is 0 Å². The summed E-state index contributed by atoms with van der Waals surface area (Å²) >= 11 is 0. The fraction of sp³-hybridized carbons (Fsp3) is 0.281. The van der Waals surface area contributed by atoms with Crippen LogP contribution < -0.4 is 5.32 Å². The molecule has 5 aromatic rings. The van der Waals surface area contributed by atoms with Crippen molar-refractivity contribution in [1.29, 1.82) is 0 Å². The number of hydrogen-bond donors (Lipinski definition) is 2. The molecule has 6 heteroatoms. The standard InChI is InChI=1S/C31H32N6.CH4/c1-2-10-28-27(9-1)35-30(36-28)22-37(29-11-3-7-26-8-5-17-34-31(26)29)21-24-14-12-23(13-15-24)18-33-20-25-6-4-16-32-19-25;/h1-2,4-6,8-10,12-17,19,29,33H,3,7,11,18,20-22H2,(H,35,36);1H4. The van der Waals surface area contributed by atoms with E-state index in [9.17, 15) is 0 Å². The predicted molar refractivity (Wildman–Crippen MR) is 153 cm³/mol. The van der Waals surface area contributed by atoms with E-state index in [1.807, 2.05) is 30.7 Å². The molecule has 194 valence electrons. The van der Waals surface area contributed by atoms with E-state index in [0.717, 1.165) is 55.9 Å². The second-order valence-corrected chi connectivity index (χ2v) is 9.84. The van der Waals surface area contributed by atoms with Crippen molar-refractivity contribution in [3.8, 4) is 0 Å². The Morgan fingerprint density at radius 2 is 1.66 bits per heavy atom. The van der Waals surface area contributed by atoms with Crippen LogP contribution in [0.5, 0.6) is 0 Å². The average Bonchev–Trinajstić information content (AvgIpc) is 3.36. The highest BCUT2D eigenvalue weighted by Crippen LogP contribution is 2.34. The zero-order chi connectivity index (χ0) is 24.9. The van der Waals surface area contributed by atoms with Gasteiger partial charge in [0.05, 0.1) is 29.3 Å². The summed E-state index contributed by atoms with van der Waals surface area (Å²) in [5.41, 5.74) is 8.48. The van der Waals surface area contributed by atoms with Crippen molar-refractivity contribution in [3.63, 3.8) is 0 Å². The predicted octanol–water partition coefficient (Wildman–Crippen LogP) is 6.36. The van der Waals surface area contributed by atoms with Crippen molar-refractivity contribution < 1.29 is 0 Å². The smallest absolute Gasteiger partial charge is 0.121 e. The second-order valence-electron chi connectivity index (χ2n) is 9.84. The molecule has 1 atom stereocenters. The number of aromatic amines is 1. The average molecular weight is 505 g/mol. The highest BCUT2D eigenvalue weighted by molar-refractivity contribution is 5.74. The van der Waals surface area contributed by atoms with E-state index in [0.29, 0.717) is 0 Å². The van der Waals surface area contributed by atoms with Crippen LogP contribution in [0.2, 0.25) is 0 Å². The third kappa shape index (κ3) is 5.98. The number of nitrogens with one attached hydrogen (secondary N) is 2. The number of rotatable bonds is 9. The van der Waals surface area contributed by atoms with Gasteiger partial charge in [-0.05, 0) is 65.8 Å². The van der Waals surface area contributed by atoms with Gasteiger partial charge in [0.15, 0.2) is 0 Å². The van der Waals surface area contributed by atoms with Crippen LogP contribution >= 0.6 is 0 Å². The van der Waals surface area contributed by atoms with Gasteiger partial charge in [-0.3, -0.25) is 14.9 Å². The third-order valence-corrected chi connectivity index (χ3v) is 7.19. The van der Waals surface area contributed by atoms with Crippen LogP contribution in [0.25, 0.3) is 11.0 Å². The molecule has 3 aromatic heterocycles. The van der Waals surface area contributed by atoms with Gasteiger partial charge in [0.1, 0.15) is 5.82 Å². The minimum Gasteiger partial charge on any atom is -0.341 e. The first-order chi connectivity index (χ1) is 18.3. The molecule has 0 bridgehead atoms. The first kappa shape index (κ1) is 25.8. The molecule has 0 radical (unpaired) electrons. The molecule has 1 unspecified atom stereocenters. The Bertz CT molecular complexity index is 1410. The number of benzene rings is 2. The van der Waals surface area contributed by atoms with E-state index in [4.69, 9.17) is 9.97 Å². The molecule has 1 aliphatic rings. The monoisotopic (exact) mass is 504 g/mol. The van der Waals surface area contributed by atoms with Crippen LogP contribution in [-0.2, 0) is 32.6 Å². The minimum atomic E-state index is 0. The third-order valence-electron chi connectivity index (χ3n) is 7.19. The Labute approximate surface area is 225 Å². The first-order valence-corrected chi connectivity index (χ1v) is 13.1. The van der Waals surface area contributed by atoms with Gasteiger partial charge in [0, 0.05) is 38.2 Å². The summed E-state index contributed by atoms with van der Waals surface area (Å²) in [5, 5.41) is 3.52. The van der Waals surface area contributed by atoms with Gasteiger partial charge in [-0.2, -0.15) is 0 Å². The van der Waals surface area contributed by atoms with Crippen LogP contribution in [0.3, 0.4) is 0 Å². The van der Waals surface area contributed by atoms with Crippen molar-refractivity contribution in [2.24, 2.45) is 0 Å². The lowest BCUT2D eigenvalue weighted by Crippen LogP contribution is -2.31. The maximum atomic E-state index is 4.89. The zero-order valence-corrected chi connectivity index (χ0v) is 21.0. The molecule has 0 saturated carbocycles. The van der Waals surface area contributed by atoms with Crippen LogP contribution in [0, 0.1) is 0 Å². The number of fused-ring (bicyclic) bond motifs is 2. The number of imidazole rings is 1. The van der Waals surface area contributed by atoms with Crippen LogP contribution in [0.15, 0.2) is 91.4 Å². The van der Waals surface area contributed by atoms with Gasteiger partial charge in [-0.1, -0.05) is 56.0 Å². The van der Waals surface area contributed by atoms with Gasteiger partial charge in [-0.15, -0.1) is 0 Å². The van der Waals surface area contributed by atoms with E-state index in [2.05, 4.69) is 80.8 Å². The molecule has 6 nitrogen and oxygen atoms in total. The number of aryl methyl sites for hydroxylation is 1. The van der Waals surface area contributed by atoms with Gasteiger partial charge in [-0.25, -0.2) is 4.98 Å². The summed E-state index contributed by atoms with van der Waals surface area (Å²) in [4.78, 5) is 20.0. The molecular formula is C32H36N6. The Morgan fingerprint density at radius 1 is 0.842 bits per heavy atom. The van der Waals surface area contributed by atoms with Crippen molar-refractivity contribution >= 4 is 11.0 Å². The van der Waals surface area contributed by atoms with E-state index < -0.39 is 0 Å². The lowest BCUT2D eigenvalue weighted by molar-refractivity contribution is 0.153. The van der Waals surface area contributed by atoms with E-state index in [1.165, 1.54) is 34.4 Å². The van der Waals surface area contributed by atoms with Gasteiger partial charge < -0.3 is 10.3 Å². The van der Waals surface area contributed by atoms with Crippen molar-refractivity contribution in [2.45, 2.75) is 58.9 Å². The SMILES string of the molecule is C.c1cncc(CNCc2ccc(CN(Cc3nc4ccccc4[nH]3)C3CCCc4cccnc43)cc2)c1. The Morgan fingerprint density at radius 3 is 2.50 bits per heavy atom. The molecule has 0 spiro atoms. The summed E-state index contributed by atoms with van der Waals surface area (Å²) in [5.74, 6) is 1.00. The maximum Gasteiger partial charge on any atom is 0.121 e. The molecular weight excluding hydrogens is 468 g/mol. The normalized spacial score (nSPS) is 14.8. The molecule has 3 heterocycles. The summed E-state index contributed by atoms with van der Waals surface area (Å²) in [7, 11) is 0. The van der Waals surface area contributed by atoms with Crippen LogP contribution in [-0.4, -0.2) is 24.8 Å². The van der Waals surface area contributed by atoms with E-state index in [1.54, 1.807) is 0 Å². The number of pyridine rings is 2. The van der Waals surface area contributed by atoms with Gasteiger partial charge in [0.25, 0.3) is 0 Å². The summed E-state index contributed by atoms with van der Waals surface area (Å²) in [6, 6.07) is 25.9. The minimum absolute atomic E-state index is 0. The van der Waals surface area contributed by atoms with E-state index >= 15 is 0 Å². The number of H-pyrrole nitrogens is 1. The molecule has 1 aliphatic carbocycles. The van der Waals surface area contributed by atoms with Gasteiger partial charge in [0.2, 0.25) is 0 Å². The second kappa shape index (κ2) is 12.1. The number of aromatic nitrogens is 4. The number of nitrogens with zero attached hydrogens (tertiary/aromatic N) is 4. The highest BCUT2D eigenvalue weighted by atomic mass is 15.2.